The van der Waals surface area contributed by atoms with Gasteiger partial charge >= 0.3 is 5.97 Å². The van der Waals surface area contributed by atoms with E-state index in [0.29, 0.717) is 25.9 Å². The summed E-state index contributed by atoms with van der Waals surface area (Å²) in [6, 6.07) is 0. The fourth-order valence-electron chi connectivity index (χ4n) is 3.17. The third-order valence-corrected chi connectivity index (χ3v) is 4.50. The van der Waals surface area contributed by atoms with Crippen molar-refractivity contribution in [2.75, 3.05) is 26.2 Å². The molecule has 2 amide bonds. The van der Waals surface area contributed by atoms with Gasteiger partial charge in [0.15, 0.2) is 0 Å². The maximum absolute atomic E-state index is 14.1. The van der Waals surface area contributed by atoms with Crippen molar-refractivity contribution in [1.82, 2.24) is 9.80 Å². The van der Waals surface area contributed by atoms with Gasteiger partial charge in [0.25, 0.3) is 0 Å². The molecule has 2 saturated heterocycles. The Labute approximate surface area is 129 Å². The van der Waals surface area contributed by atoms with E-state index in [9.17, 15) is 18.8 Å². The number of likely N-dealkylation sites (tertiary alicyclic amines) is 2. The number of rotatable bonds is 4. The number of alkyl halides is 1. The normalized spacial score (nSPS) is 28.7. The van der Waals surface area contributed by atoms with Gasteiger partial charge in [-0.1, -0.05) is 6.92 Å². The maximum Gasteiger partial charge on any atom is 0.343 e. The third kappa shape index (κ3) is 3.39. The first-order valence-electron chi connectivity index (χ1n) is 7.86. The van der Waals surface area contributed by atoms with Gasteiger partial charge in [-0.25, -0.2) is 9.18 Å². The van der Waals surface area contributed by atoms with Crippen LogP contribution in [0.15, 0.2) is 0 Å². The van der Waals surface area contributed by atoms with Crippen molar-refractivity contribution in [3.63, 3.8) is 0 Å². The summed E-state index contributed by atoms with van der Waals surface area (Å²) < 4.78 is 14.1. The quantitative estimate of drug-likeness (QED) is 0.841. The zero-order valence-corrected chi connectivity index (χ0v) is 12.9. The molecule has 0 bridgehead atoms. The molecule has 2 rings (SSSR count). The predicted octanol–water partition coefficient (Wildman–Crippen LogP) is 1.05. The molecule has 2 fully saturated rings. The van der Waals surface area contributed by atoms with Crippen molar-refractivity contribution >= 4 is 17.8 Å². The van der Waals surface area contributed by atoms with Gasteiger partial charge in [-0.05, 0) is 19.3 Å². The van der Waals surface area contributed by atoms with Crippen molar-refractivity contribution in [1.29, 1.82) is 0 Å². The summed E-state index contributed by atoms with van der Waals surface area (Å²) in [5.74, 6) is -2.03. The van der Waals surface area contributed by atoms with E-state index < -0.39 is 11.6 Å². The van der Waals surface area contributed by atoms with Crippen LogP contribution in [0, 0.1) is 5.92 Å². The number of carboxylic acid groups (broad SMARTS) is 1. The highest BCUT2D eigenvalue weighted by Gasteiger charge is 2.48. The van der Waals surface area contributed by atoms with Crippen LogP contribution in [0.4, 0.5) is 4.39 Å². The zero-order chi connectivity index (χ0) is 16.3. The molecule has 6 nitrogen and oxygen atoms in total. The van der Waals surface area contributed by atoms with E-state index in [1.807, 2.05) is 6.92 Å². The summed E-state index contributed by atoms with van der Waals surface area (Å²) in [7, 11) is 0. The third-order valence-electron chi connectivity index (χ3n) is 4.50. The molecule has 1 N–H and O–H groups in total. The van der Waals surface area contributed by atoms with Crippen LogP contribution in [0.1, 0.15) is 39.0 Å². The fourth-order valence-corrected chi connectivity index (χ4v) is 3.17. The number of carboxylic acids is 1. The van der Waals surface area contributed by atoms with Crippen LogP contribution in [-0.4, -0.2) is 64.5 Å². The van der Waals surface area contributed by atoms with Crippen molar-refractivity contribution in [2.45, 2.75) is 44.7 Å². The van der Waals surface area contributed by atoms with Gasteiger partial charge in [0.1, 0.15) is 0 Å². The van der Waals surface area contributed by atoms with Crippen LogP contribution in [0.2, 0.25) is 0 Å². The molecule has 0 saturated carbocycles. The summed E-state index contributed by atoms with van der Waals surface area (Å²) in [6.07, 6.45) is 2.48. The standard InChI is InChI=1S/C15H23FN2O4/c1-2-4-12(19)17-7-3-5-11(9-17)13(20)18-8-6-15(16,10-18)14(21)22/h11H,2-10H2,1H3,(H,21,22)/t11-,15-/m1/s1. The highest BCUT2D eigenvalue weighted by Crippen LogP contribution is 2.29. The second-order valence-corrected chi connectivity index (χ2v) is 6.21. The first-order chi connectivity index (χ1) is 10.4. The Bertz CT molecular complexity index is 470. The Kier molecular flexibility index (Phi) is 5.03. The Morgan fingerprint density at radius 3 is 2.59 bits per heavy atom. The molecular formula is C15H23FN2O4. The van der Waals surface area contributed by atoms with Crippen LogP contribution >= 0.6 is 0 Å². The van der Waals surface area contributed by atoms with E-state index in [4.69, 9.17) is 5.11 Å². The molecule has 0 aliphatic carbocycles. The molecule has 124 valence electrons. The Hall–Kier alpha value is -1.66. The lowest BCUT2D eigenvalue weighted by atomic mass is 9.96. The minimum atomic E-state index is -2.33. The fraction of sp³-hybridized carbons (Fsp3) is 0.800. The van der Waals surface area contributed by atoms with Crippen LogP contribution < -0.4 is 0 Å². The van der Waals surface area contributed by atoms with E-state index in [1.165, 1.54) is 4.90 Å². The van der Waals surface area contributed by atoms with Crippen molar-refractivity contribution in [3.8, 4) is 0 Å². The van der Waals surface area contributed by atoms with E-state index in [-0.39, 0.29) is 37.2 Å². The molecule has 7 heteroatoms. The number of hydrogen-bond donors (Lipinski definition) is 1. The minimum absolute atomic E-state index is 0.0480. The highest BCUT2D eigenvalue weighted by molar-refractivity contribution is 5.84. The highest BCUT2D eigenvalue weighted by atomic mass is 19.1. The van der Waals surface area contributed by atoms with Gasteiger partial charge < -0.3 is 14.9 Å². The minimum Gasteiger partial charge on any atom is -0.479 e. The summed E-state index contributed by atoms with van der Waals surface area (Å²) in [5, 5.41) is 8.89. The molecule has 0 unspecified atom stereocenters. The predicted molar refractivity (Wildman–Crippen MR) is 76.9 cm³/mol. The lowest BCUT2D eigenvalue weighted by Crippen LogP contribution is -2.47. The molecule has 2 atom stereocenters. The molecule has 0 aromatic heterocycles. The van der Waals surface area contributed by atoms with Gasteiger partial charge in [-0.15, -0.1) is 0 Å². The van der Waals surface area contributed by atoms with Gasteiger partial charge in [0, 0.05) is 32.5 Å². The summed E-state index contributed by atoms with van der Waals surface area (Å²) >= 11 is 0. The van der Waals surface area contributed by atoms with Crippen molar-refractivity contribution in [2.24, 2.45) is 5.92 Å². The second-order valence-electron chi connectivity index (χ2n) is 6.21. The monoisotopic (exact) mass is 314 g/mol. The lowest BCUT2D eigenvalue weighted by molar-refractivity contribution is -0.150. The van der Waals surface area contributed by atoms with E-state index in [0.717, 1.165) is 12.8 Å². The molecule has 2 aliphatic rings. The number of nitrogens with zero attached hydrogens (tertiary/aromatic N) is 2. The number of hydrogen-bond acceptors (Lipinski definition) is 3. The molecule has 0 spiro atoms. The van der Waals surface area contributed by atoms with E-state index in [1.54, 1.807) is 4.90 Å². The van der Waals surface area contributed by atoms with Crippen LogP contribution in [0.5, 0.6) is 0 Å². The van der Waals surface area contributed by atoms with Crippen LogP contribution in [-0.2, 0) is 14.4 Å². The van der Waals surface area contributed by atoms with Gasteiger partial charge in [0.2, 0.25) is 17.5 Å². The number of carbonyl (C=O) groups is 3. The topological polar surface area (TPSA) is 77.9 Å². The summed E-state index contributed by atoms with van der Waals surface area (Å²) in [5.41, 5.74) is -2.33. The van der Waals surface area contributed by atoms with E-state index >= 15 is 0 Å². The maximum atomic E-state index is 14.1. The van der Waals surface area contributed by atoms with Crippen molar-refractivity contribution < 1.29 is 23.9 Å². The number of piperidine rings is 1. The molecule has 2 heterocycles. The van der Waals surface area contributed by atoms with Crippen LogP contribution in [0.3, 0.4) is 0 Å². The Morgan fingerprint density at radius 2 is 2.00 bits per heavy atom. The molecule has 22 heavy (non-hydrogen) atoms. The number of aliphatic carboxylic acids is 1. The average molecular weight is 314 g/mol. The van der Waals surface area contributed by atoms with Crippen LogP contribution in [0.25, 0.3) is 0 Å². The average Bonchev–Trinajstić information content (AvgIpc) is 2.91. The molecule has 2 aliphatic heterocycles. The molecular weight excluding hydrogens is 291 g/mol. The van der Waals surface area contributed by atoms with E-state index in [2.05, 4.69) is 0 Å². The van der Waals surface area contributed by atoms with Gasteiger partial charge in [0.05, 0.1) is 12.5 Å². The molecule has 0 radical (unpaired) electrons. The SMILES string of the molecule is CCCC(=O)N1CCC[C@@H](C(=O)N2CC[C@](F)(C(=O)O)C2)C1. The number of carbonyl (C=O) groups excluding carboxylic acids is 2. The largest absolute Gasteiger partial charge is 0.479 e. The Morgan fingerprint density at radius 1 is 1.27 bits per heavy atom. The smallest absolute Gasteiger partial charge is 0.343 e. The van der Waals surface area contributed by atoms with Crippen molar-refractivity contribution in [3.05, 3.63) is 0 Å². The zero-order valence-electron chi connectivity index (χ0n) is 12.9. The van der Waals surface area contributed by atoms with Gasteiger partial charge in [-0.3, -0.25) is 9.59 Å². The Balaban J connectivity index is 1.95. The number of halogens is 1. The van der Waals surface area contributed by atoms with Gasteiger partial charge in [-0.2, -0.15) is 0 Å². The molecule has 0 aromatic carbocycles. The summed E-state index contributed by atoms with van der Waals surface area (Å²) in [4.78, 5) is 38.3. The summed E-state index contributed by atoms with van der Waals surface area (Å²) in [6.45, 7) is 2.69. The number of amides is 2. The second kappa shape index (κ2) is 6.62. The first kappa shape index (κ1) is 16.7. The lowest BCUT2D eigenvalue weighted by Gasteiger charge is -2.34. The molecule has 0 aromatic rings. The first-order valence-corrected chi connectivity index (χ1v) is 7.86.